The predicted molar refractivity (Wildman–Crippen MR) is 39.5 cm³/mol. The first-order valence-electron chi connectivity index (χ1n) is 4.27. The van der Waals surface area contributed by atoms with Crippen LogP contribution in [0.5, 0.6) is 0 Å². The number of aliphatic hydroxyl groups excluding tert-OH is 2. The molecule has 74 valence electrons. The number of carbonyl (C=O) groups is 1. The zero-order chi connectivity index (χ0) is 9.59. The van der Waals surface area contributed by atoms with E-state index in [4.69, 9.17) is 9.84 Å². The topological polar surface area (TPSA) is 66.8 Å². The van der Waals surface area contributed by atoms with Crippen molar-refractivity contribution >= 4 is 5.97 Å². The Morgan fingerprint density at radius 1 is 1.62 bits per heavy atom. The average Bonchev–Trinajstić information content (AvgIpc) is 2.54. The standard InChI is InChI=1S/C8H11FO4/c9-6-7(12)4(2-10)3-1-5(11)13-8(3)6/h3-4,6-8,10,12H,1-2H2. The maximum Gasteiger partial charge on any atom is 0.306 e. The lowest BCUT2D eigenvalue weighted by Crippen LogP contribution is -2.29. The molecule has 5 unspecified atom stereocenters. The molecule has 0 aromatic rings. The van der Waals surface area contributed by atoms with Gasteiger partial charge in [-0.2, -0.15) is 0 Å². The van der Waals surface area contributed by atoms with Gasteiger partial charge in [0.1, 0.15) is 6.10 Å². The molecular weight excluding hydrogens is 179 g/mol. The molecule has 1 heterocycles. The number of rotatable bonds is 1. The molecule has 2 aliphatic rings. The van der Waals surface area contributed by atoms with Gasteiger partial charge in [-0.1, -0.05) is 0 Å². The molecule has 13 heavy (non-hydrogen) atoms. The lowest BCUT2D eigenvalue weighted by Gasteiger charge is -2.15. The Hall–Kier alpha value is -0.680. The Labute approximate surface area is 74.3 Å². The van der Waals surface area contributed by atoms with Gasteiger partial charge in [0.25, 0.3) is 0 Å². The molecule has 0 aromatic heterocycles. The second-order valence-electron chi connectivity index (χ2n) is 3.60. The molecule has 2 N–H and O–H groups in total. The Morgan fingerprint density at radius 3 is 2.92 bits per heavy atom. The summed E-state index contributed by atoms with van der Waals surface area (Å²) in [4.78, 5) is 10.8. The number of alkyl halides is 1. The highest BCUT2D eigenvalue weighted by Crippen LogP contribution is 2.42. The number of hydrogen-bond acceptors (Lipinski definition) is 4. The Morgan fingerprint density at radius 2 is 2.31 bits per heavy atom. The van der Waals surface area contributed by atoms with Crippen molar-refractivity contribution in [3.63, 3.8) is 0 Å². The normalized spacial score (nSPS) is 49.2. The van der Waals surface area contributed by atoms with Crippen LogP contribution in [0.1, 0.15) is 6.42 Å². The van der Waals surface area contributed by atoms with Crippen LogP contribution in [-0.4, -0.2) is 41.2 Å². The van der Waals surface area contributed by atoms with Gasteiger partial charge in [-0.05, 0) is 0 Å². The zero-order valence-electron chi connectivity index (χ0n) is 6.89. The minimum Gasteiger partial charge on any atom is -0.459 e. The second-order valence-corrected chi connectivity index (χ2v) is 3.60. The van der Waals surface area contributed by atoms with Gasteiger partial charge in [0.15, 0.2) is 6.17 Å². The van der Waals surface area contributed by atoms with Gasteiger partial charge in [0.05, 0.1) is 12.5 Å². The minimum absolute atomic E-state index is 0.105. The highest BCUT2D eigenvalue weighted by Gasteiger charge is 2.56. The lowest BCUT2D eigenvalue weighted by molar-refractivity contribution is -0.144. The number of aliphatic hydroxyl groups is 2. The van der Waals surface area contributed by atoms with Crippen molar-refractivity contribution in [3.8, 4) is 0 Å². The molecule has 0 amide bonds. The van der Waals surface area contributed by atoms with Gasteiger partial charge in [-0.15, -0.1) is 0 Å². The molecule has 5 heteroatoms. The smallest absolute Gasteiger partial charge is 0.306 e. The lowest BCUT2D eigenvalue weighted by atomic mass is 9.93. The van der Waals surface area contributed by atoms with E-state index in [1.54, 1.807) is 0 Å². The fourth-order valence-electron chi connectivity index (χ4n) is 2.22. The van der Waals surface area contributed by atoms with Gasteiger partial charge in [0.2, 0.25) is 0 Å². The van der Waals surface area contributed by atoms with Gasteiger partial charge in [-0.3, -0.25) is 4.79 Å². The number of hydrogen-bond donors (Lipinski definition) is 2. The highest BCUT2D eigenvalue weighted by atomic mass is 19.1. The van der Waals surface area contributed by atoms with E-state index < -0.39 is 30.3 Å². The zero-order valence-corrected chi connectivity index (χ0v) is 6.89. The first-order valence-corrected chi connectivity index (χ1v) is 4.27. The highest BCUT2D eigenvalue weighted by molar-refractivity contribution is 5.72. The molecule has 0 spiro atoms. The summed E-state index contributed by atoms with van der Waals surface area (Å²) < 4.78 is 18.0. The van der Waals surface area contributed by atoms with Gasteiger partial charge in [0, 0.05) is 18.4 Å². The number of fused-ring (bicyclic) bond motifs is 1. The number of esters is 1. The summed E-state index contributed by atoms with van der Waals surface area (Å²) in [5.74, 6) is -1.36. The fraction of sp³-hybridized carbons (Fsp3) is 0.875. The van der Waals surface area contributed by atoms with E-state index >= 15 is 0 Å². The van der Waals surface area contributed by atoms with E-state index in [2.05, 4.69) is 0 Å². The molecule has 1 aliphatic carbocycles. The fourth-order valence-corrected chi connectivity index (χ4v) is 2.22. The van der Waals surface area contributed by atoms with Crippen molar-refractivity contribution in [3.05, 3.63) is 0 Å². The van der Waals surface area contributed by atoms with Crippen molar-refractivity contribution in [2.45, 2.75) is 24.8 Å². The van der Waals surface area contributed by atoms with Gasteiger partial charge in [-0.25, -0.2) is 4.39 Å². The first kappa shape index (κ1) is 8.90. The van der Waals surface area contributed by atoms with Crippen LogP contribution in [0.25, 0.3) is 0 Å². The summed E-state index contributed by atoms with van der Waals surface area (Å²) in [7, 11) is 0. The molecule has 0 bridgehead atoms. The molecular formula is C8H11FO4. The molecule has 0 radical (unpaired) electrons. The predicted octanol–water partition coefficient (Wildman–Crippen LogP) is -0.761. The van der Waals surface area contributed by atoms with Crippen LogP contribution in [0.2, 0.25) is 0 Å². The summed E-state index contributed by atoms with van der Waals surface area (Å²) in [6.07, 6.45) is -3.49. The molecule has 4 nitrogen and oxygen atoms in total. The largest absolute Gasteiger partial charge is 0.459 e. The molecule has 2 fully saturated rings. The summed E-state index contributed by atoms with van der Waals surface area (Å²) in [6.45, 7) is -0.306. The summed E-state index contributed by atoms with van der Waals surface area (Å²) >= 11 is 0. The van der Waals surface area contributed by atoms with E-state index in [0.717, 1.165) is 0 Å². The Balaban J connectivity index is 2.19. The molecule has 1 aliphatic heterocycles. The maximum absolute atomic E-state index is 13.2. The van der Waals surface area contributed by atoms with Crippen molar-refractivity contribution in [1.29, 1.82) is 0 Å². The number of ether oxygens (including phenoxy) is 1. The second kappa shape index (κ2) is 2.92. The summed E-state index contributed by atoms with van der Waals surface area (Å²) in [5.41, 5.74) is 0. The quantitative estimate of drug-likeness (QED) is 0.533. The van der Waals surface area contributed by atoms with E-state index in [9.17, 15) is 14.3 Å². The minimum atomic E-state index is -1.55. The van der Waals surface area contributed by atoms with Gasteiger partial charge < -0.3 is 14.9 Å². The Kier molecular flexibility index (Phi) is 2.00. The monoisotopic (exact) mass is 190 g/mol. The molecule has 5 atom stereocenters. The van der Waals surface area contributed by atoms with Crippen LogP contribution < -0.4 is 0 Å². The van der Waals surface area contributed by atoms with Crippen molar-refractivity contribution in [2.75, 3.05) is 6.61 Å². The summed E-state index contributed by atoms with van der Waals surface area (Å²) in [5, 5.41) is 18.2. The third kappa shape index (κ3) is 1.14. The third-order valence-corrected chi connectivity index (χ3v) is 2.93. The number of halogens is 1. The molecule has 2 rings (SSSR count). The van der Waals surface area contributed by atoms with E-state index in [1.807, 2.05) is 0 Å². The van der Waals surface area contributed by atoms with Crippen LogP contribution in [0.15, 0.2) is 0 Å². The molecule has 0 aromatic carbocycles. The third-order valence-electron chi connectivity index (χ3n) is 2.93. The first-order chi connectivity index (χ1) is 6.15. The van der Waals surface area contributed by atoms with Crippen molar-refractivity contribution in [1.82, 2.24) is 0 Å². The van der Waals surface area contributed by atoms with Crippen molar-refractivity contribution in [2.24, 2.45) is 11.8 Å². The Bertz CT molecular complexity index is 232. The average molecular weight is 190 g/mol. The van der Waals surface area contributed by atoms with E-state index in [0.29, 0.717) is 0 Å². The molecule has 1 saturated heterocycles. The van der Waals surface area contributed by atoms with Gasteiger partial charge >= 0.3 is 5.97 Å². The van der Waals surface area contributed by atoms with E-state index in [-0.39, 0.29) is 18.9 Å². The van der Waals surface area contributed by atoms with Crippen LogP contribution >= 0.6 is 0 Å². The maximum atomic E-state index is 13.2. The SMILES string of the molecule is O=C1CC2C(CO)C(O)C(F)C2O1. The van der Waals surface area contributed by atoms with Crippen LogP contribution in [0.3, 0.4) is 0 Å². The summed E-state index contributed by atoms with van der Waals surface area (Å²) in [6, 6.07) is 0. The van der Waals surface area contributed by atoms with Crippen molar-refractivity contribution < 1.29 is 24.1 Å². The molecule has 1 saturated carbocycles. The van der Waals surface area contributed by atoms with Crippen LogP contribution in [0.4, 0.5) is 4.39 Å². The van der Waals surface area contributed by atoms with Crippen LogP contribution in [0, 0.1) is 11.8 Å². The van der Waals surface area contributed by atoms with Crippen LogP contribution in [-0.2, 0) is 9.53 Å². The van der Waals surface area contributed by atoms with E-state index in [1.165, 1.54) is 0 Å². The number of carbonyl (C=O) groups excluding carboxylic acids is 1.